The van der Waals surface area contributed by atoms with Crippen molar-refractivity contribution in [2.75, 3.05) is 0 Å². The normalized spacial score (nSPS) is 11.2. The first-order valence-electron chi connectivity index (χ1n) is 6.56. The van der Waals surface area contributed by atoms with E-state index in [9.17, 15) is 34.9 Å². The van der Waals surface area contributed by atoms with Crippen molar-refractivity contribution in [3.8, 4) is 0 Å². The van der Waals surface area contributed by atoms with Crippen molar-refractivity contribution < 1.29 is 64.9 Å². The van der Waals surface area contributed by atoms with Gasteiger partial charge in [0.2, 0.25) is 0 Å². The van der Waals surface area contributed by atoms with Crippen LogP contribution in [0.15, 0.2) is 45.6 Å². The highest BCUT2D eigenvalue weighted by atomic mass is 127. The molecule has 12 heteroatoms. The average molecular weight is 496 g/mol. The van der Waals surface area contributed by atoms with Crippen molar-refractivity contribution in [1.82, 2.24) is 0 Å². The molecule has 0 N–H and O–H groups in total. The third kappa shape index (κ3) is 4.59. The Bertz CT molecular complexity index is 801. The van der Waals surface area contributed by atoms with Crippen LogP contribution in [0.25, 0.3) is 0 Å². The number of hydrogen-bond acceptors (Lipinski definition) is 2. The average Bonchev–Trinajstić information content (AvgIpc) is 3.25. The standard InChI is InChI=1S/C8H6IO2.C6BF8/c1-3-7(10-5-1)9-8-4-2-6-11-8;8-2-1(7(13,14)15)3(9)5(11)6(12)4(2)10/h1-6H;/q+1;-1. The van der Waals surface area contributed by atoms with E-state index in [-0.39, 0.29) is 21.2 Å². The maximum atomic E-state index is 12.5. The zero-order valence-electron chi connectivity index (χ0n) is 12.3. The van der Waals surface area contributed by atoms with Crippen LogP contribution in [-0.2, 0) is 0 Å². The van der Waals surface area contributed by atoms with Crippen molar-refractivity contribution in [2.45, 2.75) is 0 Å². The van der Waals surface area contributed by atoms with Crippen LogP contribution in [0.1, 0.15) is 0 Å². The van der Waals surface area contributed by atoms with E-state index in [0.717, 1.165) is 7.53 Å². The van der Waals surface area contributed by atoms with Crippen molar-refractivity contribution in [3.63, 3.8) is 0 Å². The summed E-state index contributed by atoms with van der Waals surface area (Å²) in [5.74, 6) is -13.6. The molecule has 0 saturated carbocycles. The van der Waals surface area contributed by atoms with Crippen molar-refractivity contribution >= 4 is 12.4 Å². The molecular weight excluding hydrogens is 490 g/mol. The molecule has 3 rings (SSSR count). The summed E-state index contributed by atoms with van der Waals surface area (Å²) in [6.45, 7) is -6.30. The van der Waals surface area contributed by atoms with Gasteiger partial charge in [0, 0.05) is 12.1 Å². The highest BCUT2D eigenvalue weighted by molar-refractivity contribution is 6.73. The van der Waals surface area contributed by atoms with E-state index in [4.69, 9.17) is 8.83 Å². The molecule has 2 heterocycles. The molecule has 3 aromatic rings. The second kappa shape index (κ2) is 8.14. The van der Waals surface area contributed by atoms with E-state index in [1.54, 1.807) is 12.5 Å². The van der Waals surface area contributed by atoms with Gasteiger partial charge in [-0.2, -0.15) is 0 Å². The summed E-state index contributed by atoms with van der Waals surface area (Å²) in [5.41, 5.74) is -2.73. The molecule has 1 aromatic carbocycles. The molecular formula is C14H6BF8IO2. The Morgan fingerprint density at radius 3 is 1.35 bits per heavy atom. The predicted molar refractivity (Wildman–Crippen MR) is 69.8 cm³/mol. The molecule has 2 aromatic heterocycles. The molecule has 0 fully saturated rings. The van der Waals surface area contributed by atoms with Gasteiger partial charge >= 0.3 is 35.7 Å². The Kier molecular flexibility index (Phi) is 6.37. The number of furan rings is 2. The number of halogens is 9. The summed E-state index contributed by atoms with van der Waals surface area (Å²) in [5, 5.41) is 0. The lowest BCUT2D eigenvalue weighted by Gasteiger charge is -2.17. The largest absolute Gasteiger partial charge is 0.515 e. The molecule has 0 atom stereocenters. The quantitative estimate of drug-likeness (QED) is 0.181. The van der Waals surface area contributed by atoms with Crippen molar-refractivity contribution in [3.05, 3.63) is 73.4 Å². The summed E-state index contributed by atoms with van der Waals surface area (Å²) in [6, 6.07) is 7.77. The Labute approximate surface area is 151 Å². The Hall–Kier alpha value is -1.99. The molecule has 0 saturated heterocycles. The van der Waals surface area contributed by atoms with Crippen molar-refractivity contribution in [2.24, 2.45) is 0 Å². The smallest absolute Gasteiger partial charge is 0.445 e. The molecule has 140 valence electrons. The Morgan fingerprint density at radius 2 is 1.04 bits per heavy atom. The molecule has 0 aliphatic heterocycles. The van der Waals surface area contributed by atoms with E-state index in [1.807, 2.05) is 24.3 Å². The summed E-state index contributed by atoms with van der Waals surface area (Å²) in [4.78, 5) is 0. The van der Waals surface area contributed by atoms with Gasteiger partial charge in [0.05, 0.1) is 12.5 Å². The fraction of sp³-hybridized carbons (Fsp3) is 0. The second-order valence-corrected chi connectivity index (χ2v) is 7.15. The van der Waals surface area contributed by atoms with Crippen LogP contribution in [0, 0.1) is 36.6 Å². The van der Waals surface area contributed by atoms with Gasteiger partial charge in [-0.25, -0.2) is 22.0 Å². The Balaban J connectivity index is 0.000000195. The maximum Gasteiger partial charge on any atom is 0.515 e. The van der Waals surface area contributed by atoms with Crippen molar-refractivity contribution in [1.29, 1.82) is 0 Å². The minimum absolute atomic E-state index is 0.229. The summed E-state index contributed by atoms with van der Waals surface area (Å²) >= 11 is -0.229. The SMILES string of the molecule is Fc1c(F)c(F)c([B-](F)(F)F)c(F)c1F.c1coc([I+]c2ccco2)c1. The highest BCUT2D eigenvalue weighted by Crippen LogP contribution is 2.21. The van der Waals surface area contributed by atoms with E-state index in [0.29, 0.717) is 0 Å². The van der Waals surface area contributed by atoms with Crippen LogP contribution in [0.5, 0.6) is 0 Å². The first-order chi connectivity index (χ1) is 12.1. The van der Waals surface area contributed by atoms with Crippen LogP contribution >= 0.6 is 0 Å². The van der Waals surface area contributed by atoms with Gasteiger partial charge in [-0.05, 0) is 17.6 Å². The van der Waals surface area contributed by atoms with E-state index in [1.165, 1.54) is 0 Å². The first-order valence-corrected chi connectivity index (χ1v) is 8.71. The lowest BCUT2D eigenvalue weighted by atomic mass is 9.79. The number of hydrogen-bond donors (Lipinski definition) is 0. The van der Waals surface area contributed by atoms with Crippen LogP contribution in [-0.4, -0.2) is 6.98 Å². The molecule has 0 aliphatic carbocycles. The maximum absolute atomic E-state index is 12.5. The highest BCUT2D eigenvalue weighted by Gasteiger charge is 2.37. The van der Waals surface area contributed by atoms with Gasteiger partial charge in [0.1, 0.15) is 11.6 Å². The lowest BCUT2D eigenvalue weighted by Crippen LogP contribution is -3.61. The van der Waals surface area contributed by atoms with Crippen LogP contribution in [0.3, 0.4) is 0 Å². The van der Waals surface area contributed by atoms with Gasteiger partial charge in [-0.15, -0.1) is 0 Å². The van der Waals surface area contributed by atoms with Gasteiger partial charge in [-0.3, -0.25) is 0 Å². The Morgan fingerprint density at radius 1 is 0.654 bits per heavy atom. The fourth-order valence-electron chi connectivity index (χ4n) is 1.63. The van der Waals surface area contributed by atoms with Gasteiger partial charge in [-0.1, -0.05) is 0 Å². The zero-order valence-corrected chi connectivity index (χ0v) is 14.4. The minimum Gasteiger partial charge on any atom is -0.445 e. The number of benzene rings is 1. The summed E-state index contributed by atoms with van der Waals surface area (Å²) in [7, 11) is 0. The first kappa shape index (κ1) is 20.3. The lowest BCUT2D eigenvalue weighted by molar-refractivity contribution is -0.636. The third-order valence-electron chi connectivity index (χ3n) is 2.73. The molecule has 26 heavy (non-hydrogen) atoms. The molecule has 0 bridgehead atoms. The van der Waals surface area contributed by atoms with E-state index >= 15 is 0 Å². The van der Waals surface area contributed by atoms with Gasteiger partial charge in [0.15, 0.2) is 17.5 Å². The second-order valence-electron chi connectivity index (χ2n) is 4.49. The summed E-state index contributed by atoms with van der Waals surface area (Å²) < 4.78 is 110. The van der Waals surface area contributed by atoms with E-state index in [2.05, 4.69) is 0 Å². The monoisotopic (exact) mass is 496 g/mol. The topological polar surface area (TPSA) is 26.3 Å². The minimum atomic E-state index is -6.30. The molecule has 0 unspecified atom stereocenters. The molecule has 0 spiro atoms. The summed E-state index contributed by atoms with van der Waals surface area (Å²) in [6.07, 6.45) is 3.38. The van der Waals surface area contributed by atoms with Crippen LogP contribution in [0.2, 0.25) is 0 Å². The zero-order chi connectivity index (χ0) is 19.5. The molecule has 0 aliphatic rings. The van der Waals surface area contributed by atoms with Crippen LogP contribution < -0.4 is 26.7 Å². The van der Waals surface area contributed by atoms with Crippen LogP contribution in [0.4, 0.5) is 34.9 Å². The van der Waals surface area contributed by atoms with Gasteiger partial charge < -0.3 is 21.8 Å². The van der Waals surface area contributed by atoms with Gasteiger partial charge in [0.25, 0.3) is 0 Å². The third-order valence-corrected chi connectivity index (χ3v) is 5.02. The number of rotatable bonds is 3. The fourth-order valence-corrected chi connectivity index (χ4v) is 3.47. The van der Waals surface area contributed by atoms with E-state index < -0.39 is 41.5 Å². The molecule has 0 amide bonds. The molecule has 2 nitrogen and oxygen atoms in total. The molecule has 0 radical (unpaired) electrons. The predicted octanol–water partition coefficient (Wildman–Crippen LogP) is 1.44.